The second-order valence-corrected chi connectivity index (χ2v) is 4.06. The summed E-state index contributed by atoms with van der Waals surface area (Å²) in [5.41, 5.74) is 5.41. The first-order valence-corrected chi connectivity index (χ1v) is 5.75. The van der Waals surface area contributed by atoms with Gasteiger partial charge in [0.05, 0.1) is 13.1 Å². The van der Waals surface area contributed by atoms with Crippen molar-refractivity contribution in [3.8, 4) is 11.3 Å². The smallest absolute Gasteiger partial charge is 0.277 e. The molecule has 0 aliphatic rings. The van der Waals surface area contributed by atoms with Crippen LogP contribution in [0.5, 0.6) is 0 Å². The summed E-state index contributed by atoms with van der Waals surface area (Å²) >= 11 is 0. The summed E-state index contributed by atoms with van der Waals surface area (Å²) in [4.78, 5) is 15.5. The molecule has 0 aromatic carbocycles. The summed E-state index contributed by atoms with van der Waals surface area (Å²) < 4.78 is 30.8. The monoisotopic (exact) mass is 354 g/mol. The van der Waals surface area contributed by atoms with Crippen molar-refractivity contribution < 1.29 is 18.1 Å². The minimum Gasteiger partial charge on any atom is -0.355 e. The van der Waals surface area contributed by atoms with E-state index in [2.05, 4.69) is 10.1 Å². The number of hydrogen-bond donors (Lipinski definition) is 2. The quantitative estimate of drug-likeness (QED) is 0.855. The molecule has 122 valence electrons. The van der Waals surface area contributed by atoms with Crippen LogP contribution in [-0.4, -0.2) is 35.1 Å². The highest BCUT2D eigenvalue weighted by molar-refractivity contribution is 5.93. The number of halogens is 4. The van der Waals surface area contributed by atoms with Gasteiger partial charge in [0.25, 0.3) is 11.8 Å². The molecule has 1 amide bonds. The number of pyridine rings is 1. The SMILES string of the molecule is Cl.Cl.NCC(F)(F)CNC(=O)c1cc(-c2cccnc2)on1. The number of carbonyl (C=O) groups is 1. The van der Waals surface area contributed by atoms with E-state index in [9.17, 15) is 13.6 Å². The van der Waals surface area contributed by atoms with Crippen molar-refractivity contribution in [3.05, 3.63) is 36.3 Å². The molecule has 0 unspecified atom stereocenters. The normalized spacial score (nSPS) is 10.3. The van der Waals surface area contributed by atoms with Crippen LogP contribution in [-0.2, 0) is 0 Å². The van der Waals surface area contributed by atoms with Gasteiger partial charge in [0.1, 0.15) is 0 Å². The van der Waals surface area contributed by atoms with E-state index in [1.54, 1.807) is 18.3 Å². The molecule has 2 heterocycles. The highest BCUT2D eigenvalue weighted by Gasteiger charge is 2.28. The molecule has 2 rings (SSSR count). The minimum absolute atomic E-state index is 0. The van der Waals surface area contributed by atoms with Gasteiger partial charge in [-0.1, -0.05) is 5.16 Å². The molecule has 0 radical (unpaired) electrons. The summed E-state index contributed by atoms with van der Waals surface area (Å²) in [7, 11) is 0. The molecular formula is C12H14Cl2F2N4O2. The van der Waals surface area contributed by atoms with Crippen LogP contribution in [0.15, 0.2) is 35.1 Å². The van der Waals surface area contributed by atoms with Crippen LogP contribution < -0.4 is 11.1 Å². The largest absolute Gasteiger partial charge is 0.355 e. The fraction of sp³-hybridized carbons (Fsp3) is 0.250. The van der Waals surface area contributed by atoms with Crippen LogP contribution >= 0.6 is 24.8 Å². The Bertz CT molecular complexity index is 596. The Morgan fingerprint density at radius 3 is 2.73 bits per heavy atom. The van der Waals surface area contributed by atoms with Gasteiger partial charge in [-0.15, -0.1) is 24.8 Å². The van der Waals surface area contributed by atoms with E-state index in [0.29, 0.717) is 11.3 Å². The summed E-state index contributed by atoms with van der Waals surface area (Å²) in [6.07, 6.45) is 3.12. The molecule has 0 aliphatic heterocycles. The molecule has 22 heavy (non-hydrogen) atoms. The number of rotatable bonds is 5. The zero-order valence-electron chi connectivity index (χ0n) is 11.2. The Morgan fingerprint density at radius 2 is 2.14 bits per heavy atom. The van der Waals surface area contributed by atoms with E-state index < -0.39 is 24.9 Å². The fourth-order valence-electron chi connectivity index (χ4n) is 1.40. The van der Waals surface area contributed by atoms with Gasteiger partial charge in [0.2, 0.25) is 0 Å². The van der Waals surface area contributed by atoms with Gasteiger partial charge in [0, 0.05) is 24.0 Å². The fourth-order valence-corrected chi connectivity index (χ4v) is 1.40. The number of nitrogens with two attached hydrogens (primary N) is 1. The third kappa shape index (κ3) is 5.21. The molecule has 0 atom stereocenters. The number of carbonyl (C=O) groups excluding carboxylic acids is 1. The van der Waals surface area contributed by atoms with Crippen molar-refractivity contribution in [3.63, 3.8) is 0 Å². The third-order valence-corrected chi connectivity index (χ3v) is 2.50. The van der Waals surface area contributed by atoms with Crippen LogP contribution in [0, 0.1) is 0 Å². The maximum absolute atomic E-state index is 12.9. The molecule has 0 saturated carbocycles. The molecule has 10 heteroatoms. The first-order chi connectivity index (χ1) is 9.52. The zero-order valence-corrected chi connectivity index (χ0v) is 12.8. The van der Waals surface area contributed by atoms with Crippen LogP contribution in [0.2, 0.25) is 0 Å². The van der Waals surface area contributed by atoms with Gasteiger partial charge in [-0.3, -0.25) is 9.78 Å². The Hall–Kier alpha value is -1.77. The maximum Gasteiger partial charge on any atom is 0.277 e. The Labute approximate surface area is 137 Å². The molecule has 0 fully saturated rings. The van der Waals surface area contributed by atoms with Gasteiger partial charge in [-0.25, -0.2) is 8.78 Å². The lowest BCUT2D eigenvalue weighted by Crippen LogP contribution is -2.41. The lowest BCUT2D eigenvalue weighted by Gasteiger charge is -2.13. The number of aromatic nitrogens is 2. The van der Waals surface area contributed by atoms with Crippen LogP contribution in [0.25, 0.3) is 11.3 Å². The van der Waals surface area contributed by atoms with E-state index in [1.807, 2.05) is 5.32 Å². The van der Waals surface area contributed by atoms with Crippen molar-refractivity contribution in [2.75, 3.05) is 13.1 Å². The lowest BCUT2D eigenvalue weighted by atomic mass is 10.2. The van der Waals surface area contributed by atoms with Crippen molar-refractivity contribution in [1.82, 2.24) is 15.5 Å². The molecule has 2 aromatic rings. The first kappa shape index (κ1) is 20.2. The standard InChI is InChI=1S/C12H12F2N4O2.2ClH/c13-12(14,6-15)7-17-11(19)9-4-10(20-18-9)8-2-1-3-16-5-8;;/h1-5H,6-7,15H2,(H,17,19);2*1H. The maximum atomic E-state index is 12.9. The number of nitrogens with zero attached hydrogens (tertiary/aromatic N) is 2. The Balaban J connectivity index is 0.00000220. The Morgan fingerprint density at radius 1 is 1.41 bits per heavy atom. The van der Waals surface area contributed by atoms with Crippen molar-refractivity contribution in [2.24, 2.45) is 5.73 Å². The van der Waals surface area contributed by atoms with Crippen LogP contribution in [0.1, 0.15) is 10.5 Å². The molecule has 0 saturated heterocycles. The van der Waals surface area contributed by atoms with Gasteiger partial charge in [-0.2, -0.15) is 0 Å². The first-order valence-electron chi connectivity index (χ1n) is 5.75. The summed E-state index contributed by atoms with van der Waals surface area (Å²) in [6, 6.07) is 4.77. The highest BCUT2D eigenvalue weighted by Crippen LogP contribution is 2.18. The predicted octanol–water partition coefficient (Wildman–Crippen LogP) is 1.90. The van der Waals surface area contributed by atoms with E-state index in [0.717, 1.165) is 0 Å². The van der Waals surface area contributed by atoms with E-state index in [4.69, 9.17) is 10.3 Å². The lowest BCUT2D eigenvalue weighted by molar-refractivity contribution is 0.0117. The topological polar surface area (TPSA) is 94.0 Å². The number of amides is 1. The zero-order chi connectivity index (χ0) is 14.6. The predicted molar refractivity (Wildman–Crippen MR) is 80.6 cm³/mol. The van der Waals surface area contributed by atoms with Crippen LogP contribution in [0.3, 0.4) is 0 Å². The van der Waals surface area contributed by atoms with Gasteiger partial charge in [0.15, 0.2) is 11.5 Å². The number of alkyl halides is 2. The molecular weight excluding hydrogens is 341 g/mol. The molecule has 0 spiro atoms. The van der Waals surface area contributed by atoms with Gasteiger partial charge < -0.3 is 15.6 Å². The number of nitrogens with one attached hydrogen (secondary N) is 1. The average molecular weight is 355 g/mol. The third-order valence-electron chi connectivity index (χ3n) is 2.50. The molecule has 0 aliphatic carbocycles. The second kappa shape index (κ2) is 8.62. The molecule has 6 nitrogen and oxygen atoms in total. The second-order valence-electron chi connectivity index (χ2n) is 4.06. The summed E-state index contributed by atoms with van der Waals surface area (Å²) in [5, 5.41) is 5.58. The van der Waals surface area contributed by atoms with Crippen molar-refractivity contribution in [2.45, 2.75) is 5.92 Å². The van der Waals surface area contributed by atoms with Crippen LogP contribution in [0.4, 0.5) is 8.78 Å². The van der Waals surface area contributed by atoms with Crippen molar-refractivity contribution >= 4 is 30.7 Å². The van der Waals surface area contributed by atoms with E-state index >= 15 is 0 Å². The van der Waals surface area contributed by atoms with Gasteiger partial charge in [-0.05, 0) is 12.1 Å². The van der Waals surface area contributed by atoms with E-state index in [1.165, 1.54) is 12.3 Å². The summed E-state index contributed by atoms with van der Waals surface area (Å²) in [6.45, 7) is -1.69. The Kier molecular flexibility index (Phi) is 7.93. The highest BCUT2D eigenvalue weighted by atomic mass is 35.5. The molecule has 0 bridgehead atoms. The molecule has 3 N–H and O–H groups in total. The average Bonchev–Trinajstić information content (AvgIpc) is 2.96. The molecule has 2 aromatic heterocycles. The number of hydrogen-bond acceptors (Lipinski definition) is 5. The van der Waals surface area contributed by atoms with Crippen molar-refractivity contribution in [1.29, 1.82) is 0 Å². The van der Waals surface area contributed by atoms with E-state index in [-0.39, 0.29) is 30.5 Å². The van der Waals surface area contributed by atoms with Gasteiger partial charge >= 0.3 is 0 Å². The minimum atomic E-state index is -3.15. The summed E-state index contributed by atoms with van der Waals surface area (Å²) in [5.74, 6) is -3.57.